The largest absolute Gasteiger partial charge is 0.342 e. The Morgan fingerprint density at radius 1 is 1.22 bits per heavy atom. The molecule has 23 heavy (non-hydrogen) atoms. The Labute approximate surface area is 133 Å². The molecule has 1 aliphatic heterocycles. The first-order valence-corrected chi connectivity index (χ1v) is 8.21. The summed E-state index contributed by atoms with van der Waals surface area (Å²) in [5.41, 5.74) is 2.32. The van der Waals surface area contributed by atoms with Gasteiger partial charge in [-0.05, 0) is 36.8 Å². The first kappa shape index (κ1) is 14.2. The number of piperidine rings is 1. The van der Waals surface area contributed by atoms with E-state index in [0.29, 0.717) is 12.4 Å². The minimum absolute atomic E-state index is 0.0596. The van der Waals surface area contributed by atoms with Crippen LogP contribution >= 0.6 is 0 Å². The van der Waals surface area contributed by atoms with Crippen molar-refractivity contribution in [1.29, 1.82) is 0 Å². The molecule has 2 aliphatic rings. The standard InChI is InChI=1S/C17H20N4O2/c22-16(14-8-11-4-1-2-5-12(11)9-14)21-7-3-6-13(10-21)15-18-17(23)20-19-15/h1-2,4-5,13-14H,3,6-10H2,(H2,18,19,20,23). The van der Waals surface area contributed by atoms with Crippen molar-refractivity contribution >= 4 is 5.91 Å². The average Bonchev–Trinajstić information content (AvgIpc) is 3.20. The second-order valence-corrected chi connectivity index (χ2v) is 6.56. The van der Waals surface area contributed by atoms with E-state index < -0.39 is 0 Å². The number of nitrogens with zero attached hydrogens (tertiary/aromatic N) is 2. The van der Waals surface area contributed by atoms with Crippen LogP contribution in [0.15, 0.2) is 29.1 Å². The molecule has 0 spiro atoms. The Morgan fingerprint density at radius 3 is 2.61 bits per heavy atom. The number of carbonyl (C=O) groups excluding carboxylic acids is 1. The van der Waals surface area contributed by atoms with Crippen LogP contribution < -0.4 is 5.69 Å². The zero-order valence-electron chi connectivity index (χ0n) is 12.9. The van der Waals surface area contributed by atoms with E-state index in [0.717, 1.165) is 32.2 Å². The van der Waals surface area contributed by atoms with Crippen molar-refractivity contribution in [2.24, 2.45) is 5.92 Å². The summed E-state index contributed by atoms with van der Waals surface area (Å²) in [5.74, 6) is 1.09. The van der Waals surface area contributed by atoms with Crippen LogP contribution in [0.1, 0.15) is 35.7 Å². The quantitative estimate of drug-likeness (QED) is 0.875. The van der Waals surface area contributed by atoms with Crippen LogP contribution in [-0.2, 0) is 17.6 Å². The molecular weight excluding hydrogens is 292 g/mol. The molecule has 4 rings (SSSR count). The lowest BCUT2D eigenvalue weighted by Crippen LogP contribution is -2.42. The normalized spacial score (nSPS) is 21.4. The summed E-state index contributed by atoms with van der Waals surface area (Å²) in [6, 6.07) is 8.32. The summed E-state index contributed by atoms with van der Waals surface area (Å²) < 4.78 is 0. The van der Waals surface area contributed by atoms with Crippen molar-refractivity contribution in [3.05, 3.63) is 51.7 Å². The number of fused-ring (bicyclic) bond motifs is 1. The van der Waals surface area contributed by atoms with Gasteiger partial charge in [-0.1, -0.05) is 24.3 Å². The number of aromatic amines is 2. The third-order valence-corrected chi connectivity index (χ3v) is 5.04. The molecule has 0 saturated carbocycles. The Morgan fingerprint density at radius 2 is 1.96 bits per heavy atom. The van der Waals surface area contributed by atoms with Crippen LogP contribution in [0.2, 0.25) is 0 Å². The molecular formula is C17H20N4O2. The molecule has 0 bridgehead atoms. The second-order valence-electron chi connectivity index (χ2n) is 6.56. The predicted molar refractivity (Wildman–Crippen MR) is 85.1 cm³/mol. The van der Waals surface area contributed by atoms with Gasteiger partial charge in [-0.3, -0.25) is 9.78 Å². The van der Waals surface area contributed by atoms with Gasteiger partial charge in [0.05, 0.1) is 0 Å². The van der Waals surface area contributed by atoms with Gasteiger partial charge in [0.1, 0.15) is 5.82 Å². The smallest absolute Gasteiger partial charge is 0.340 e. The highest BCUT2D eigenvalue weighted by atomic mass is 16.2. The number of rotatable bonds is 2. The van der Waals surface area contributed by atoms with Crippen LogP contribution in [0.3, 0.4) is 0 Å². The van der Waals surface area contributed by atoms with Gasteiger partial charge in [-0.2, -0.15) is 5.10 Å². The first-order valence-electron chi connectivity index (χ1n) is 8.21. The van der Waals surface area contributed by atoms with Crippen molar-refractivity contribution in [1.82, 2.24) is 20.1 Å². The molecule has 2 N–H and O–H groups in total. The maximum atomic E-state index is 12.9. The van der Waals surface area contributed by atoms with E-state index >= 15 is 0 Å². The van der Waals surface area contributed by atoms with E-state index in [1.807, 2.05) is 17.0 Å². The number of amides is 1. The van der Waals surface area contributed by atoms with Crippen LogP contribution in [-0.4, -0.2) is 39.1 Å². The molecule has 1 atom stereocenters. The number of hydrogen-bond donors (Lipinski definition) is 2. The van der Waals surface area contributed by atoms with Crippen molar-refractivity contribution in [3.8, 4) is 0 Å². The summed E-state index contributed by atoms with van der Waals surface area (Å²) in [6.07, 6.45) is 3.59. The van der Waals surface area contributed by atoms with Gasteiger partial charge in [0.2, 0.25) is 5.91 Å². The molecule has 120 valence electrons. The highest BCUT2D eigenvalue weighted by molar-refractivity contribution is 5.80. The van der Waals surface area contributed by atoms with Gasteiger partial charge in [-0.15, -0.1) is 0 Å². The lowest BCUT2D eigenvalue weighted by Gasteiger charge is -2.33. The van der Waals surface area contributed by atoms with Crippen LogP contribution in [0, 0.1) is 5.92 Å². The molecule has 1 fully saturated rings. The molecule has 1 aromatic carbocycles. The maximum Gasteiger partial charge on any atom is 0.340 e. The highest BCUT2D eigenvalue weighted by Gasteiger charge is 2.33. The van der Waals surface area contributed by atoms with E-state index in [1.165, 1.54) is 11.1 Å². The third-order valence-electron chi connectivity index (χ3n) is 5.04. The number of aromatic nitrogens is 3. The number of hydrogen-bond acceptors (Lipinski definition) is 3. The SMILES string of the molecule is O=C(C1Cc2ccccc2C1)N1CCCC(c2n[nH]c(=O)[nH]2)C1. The van der Waals surface area contributed by atoms with E-state index in [1.54, 1.807) is 0 Å². The van der Waals surface area contributed by atoms with E-state index in [-0.39, 0.29) is 23.4 Å². The van der Waals surface area contributed by atoms with Gasteiger partial charge in [0.15, 0.2) is 0 Å². The first-order chi connectivity index (χ1) is 11.2. The van der Waals surface area contributed by atoms with Gasteiger partial charge < -0.3 is 4.90 Å². The zero-order valence-corrected chi connectivity index (χ0v) is 12.9. The number of nitrogens with one attached hydrogen (secondary N) is 2. The Bertz CT molecular complexity index is 754. The topological polar surface area (TPSA) is 81.8 Å². The number of likely N-dealkylation sites (tertiary alicyclic amines) is 1. The summed E-state index contributed by atoms with van der Waals surface area (Å²) in [5, 5.41) is 6.44. The van der Waals surface area contributed by atoms with Crippen molar-refractivity contribution < 1.29 is 4.79 Å². The summed E-state index contributed by atoms with van der Waals surface area (Å²) in [6.45, 7) is 1.45. The van der Waals surface area contributed by atoms with E-state index in [4.69, 9.17) is 0 Å². The van der Waals surface area contributed by atoms with Crippen LogP contribution in [0.5, 0.6) is 0 Å². The Hall–Kier alpha value is -2.37. The fourth-order valence-corrected chi connectivity index (χ4v) is 3.87. The molecule has 1 aliphatic carbocycles. The lowest BCUT2D eigenvalue weighted by molar-refractivity contribution is -0.136. The number of H-pyrrole nitrogens is 2. The zero-order chi connectivity index (χ0) is 15.8. The summed E-state index contributed by atoms with van der Waals surface area (Å²) in [7, 11) is 0. The lowest BCUT2D eigenvalue weighted by atomic mass is 9.95. The maximum absolute atomic E-state index is 12.9. The predicted octanol–water partition coefficient (Wildman–Crippen LogP) is 1.22. The molecule has 1 saturated heterocycles. The van der Waals surface area contributed by atoms with Crippen LogP contribution in [0.4, 0.5) is 0 Å². The molecule has 2 heterocycles. The van der Waals surface area contributed by atoms with Crippen LogP contribution in [0.25, 0.3) is 0 Å². The third kappa shape index (κ3) is 2.69. The molecule has 6 heteroatoms. The molecule has 1 unspecified atom stereocenters. The monoisotopic (exact) mass is 312 g/mol. The molecule has 2 aromatic rings. The van der Waals surface area contributed by atoms with Crippen molar-refractivity contribution in [2.45, 2.75) is 31.6 Å². The van der Waals surface area contributed by atoms with Crippen molar-refractivity contribution in [3.63, 3.8) is 0 Å². The van der Waals surface area contributed by atoms with E-state index in [2.05, 4.69) is 27.3 Å². The summed E-state index contributed by atoms with van der Waals surface area (Å²) >= 11 is 0. The Balaban J connectivity index is 1.46. The second kappa shape index (κ2) is 5.68. The van der Waals surface area contributed by atoms with Gasteiger partial charge in [0, 0.05) is 24.9 Å². The number of carbonyl (C=O) groups is 1. The molecule has 0 radical (unpaired) electrons. The summed E-state index contributed by atoms with van der Waals surface area (Å²) in [4.78, 5) is 28.8. The van der Waals surface area contributed by atoms with Gasteiger partial charge >= 0.3 is 5.69 Å². The van der Waals surface area contributed by atoms with E-state index in [9.17, 15) is 9.59 Å². The fraction of sp³-hybridized carbons (Fsp3) is 0.471. The van der Waals surface area contributed by atoms with Gasteiger partial charge in [-0.25, -0.2) is 9.89 Å². The fourth-order valence-electron chi connectivity index (χ4n) is 3.87. The molecule has 6 nitrogen and oxygen atoms in total. The number of benzene rings is 1. The minimum atomic E-state index is -0.283. The molecule has 1 amide bonds. The highest BCUT2D eigenvalue weighted by Crippen LogP contribution is 2.30. The average molecular weight is 312 g/mol. The molecule has 1 aromatic heterocycles. The minimum Gasteiger partial charge on any atom is -0.342 e. The Kier molecular flexibility index (Phi) is 3.52. The van der Waals surface area contributed by atoms with Gasteiger partial charge in [0.25, 0.3) is 0 Å². The van der Waals surface area contributed by atoms with Crippen molar-refractivity contribution in [2.75, 3.05) is 13.1 Å².